The molecule has 1 aliphatic carbocycles. The fourth-order valence-electron chi connectivity index (χ4n) is 3.76. The molecule has 1 aliphatic heterocycles. The van der Waals surface area contributed by atoms with E-state index < -0.39 is 5.60 Å². The van der Waals surface area contributed by atoms with Gasteiger partial charge in [-0.15, -0.1) is 0 Å². The number of piperidine rings is 1. The van der Waals surface area contributed by atoms with E-state index in [0.29, 0.717) is 25.1 Å². The van der Waals surface area contributed by atoms with Gasteiger partial charge in [0.15, 0.2) is 6.61 Å². The number of aromatic amines is 1. The minimum Gasteiger partial charge on any atom is -0.484 e. The Bertz CT molecular complexity index is 762. The maximum Gasteiger partial charge on any atom is 0.260 e. The van der Waals surface area contributed by atoms with Crippen LogP contribution in [0.5, 0.6) is 5.75 Å². The van der Waals surface area contributed by atoms with Crippen molar-refractivity contribution < 1.29 is 14.6 Å². The lowest BCUT2D eigenvalue weighted by atomic mass is 9.90. The maximum absolute atomic E-state index is 12.5. The molecule has 1 aromatic heterocycles. The molecule has 7 heteroatoms. The molecule has 1 saturated heterocycles. The van der Waals surface area contributed by atoms with Crippen LogP contribution < -0.4 is 4.74 Å². The number of H-pyrrole nitrogens is 1. The molecule has 7 nitrogen and oxygen atoms in total. The Hall–Kier alpha value is -2.41. The average Bonchev–Trinajstić information content (AvgIpc) is 3.31. The van der Waals surface area contributed by atoms with E-state index in [-0.39, 0.29) is 19.1 Å². The molecule has 2 N–H and O–H groups in total. The van der Waals surface area contributed by atoms with Gasteiger partial charge in [0.05, 0.1) is 12.7 Å². The van der Waals surface area contributed by atoms with Gasteiger partial charge in [0.25, 0.3) is 5.91 Å². The molecule has 0 bridgehead atoms. The Balaban J connectivity index is 1.38. The van der Waals surface area contributed by atoms with E-state index in [1.165, 1.54) is 23.7 Å². The zero-order chi connectivity index (χ0) is 17.3. The molecule has 25 heavy (non-hydrogen) atoms. The van der Waals surface area contributed by atoms with Gasteiger partial charge in [-0.05, 0) is 55.4 Å². The number of nitrogens with one attached hydrogen (secondary N) is 1. The standard InChI is InChI=1S/C18H22N4O3/c23-17(11-25-15-6-5-13-3-1-4-14(13)9-15)22-8-2-7-18(24,12-22)16-10-19-21-20-16/h5-6,9-10,24H,1-4,7-8,11-12H2,(H,19,20,21)/t18-/m0/s1. The smallest absolute Gasteiger partial charge is 0.260 e. The molecule has 0 unspecified atom stereocenters. The van der Waals surface area contributed by atoms with Crippen LogP contribution in [0.25, 0.3) is 0 Å². The normalized spacial score (nSPS) is 22.7. The Morgan fingerprint density at radius 3 is 3.04 bits per heavy atom. The molecule has 1 amide bonds. The Morgan fingerprint density at radius 2 is 2.20 bits per heavy atom. The number of benzene rings is 1. The highest BCUT2D eigenvalue weighted by atomic mass is 16.5. The molecule has 0 spiro atoms. The minimum absolute atomic E-state index is 0.0202. The SMILES string of the molecule is O=C(COc1ccc2c(c1)CCC2)N1CCC[C@@](O)(c2cn[nH]n2)C1. The number of nitrogens with zero attached hydrogens (tertiary/aromatic N) is 3. The predicted molar refractivity (Wildman–Crippen MR) is 90.1 cm³/mol. The Labute approximate surface area is 146 Å². The van der Waals surface area contributed by atoms with Crippen molar-refractivity contribution in [3.8, 4) is 5.75 Å². The number of carbonyl (C=O) groups excluding carboxylic acids is 1. The molecule has 132 valence electrons. The number of ether oxygens (including phenoxy) is 1. The summed E-state index contributed by atoms with van der Waals surface area (Å²) in [5, 5.41) is 21.0. The summed E-state index contributed by atoms with van der Waals surface area (Å²) in [6.45, 7) is 0.812. The molecule has 4 rings (SSSR count). The monoisotopic (exact) mass is 342 g/mol. The number of aromatic nitrogens is 3. The van der Waals surface area contributed by atoms with E-state index in [0.717, 1.165) is 18.6 Å². The first-order chi connectivity index (χ1) is 12.1. The highest BCUT2D eigenvalue weighted by Gasteiger charge is 2.38. The lowest BCUT2D eigenvalue weighted by molar-refractivity contribution is -0.141. The molecular weight excluding hydrogens is 320 g/mol. The van der Waals surface area contributed by atoms with Gasteiger partial charge in [-0.3, -0.25) is 4.79 Å². The molecule has 1 fully saturated rings. The number of rotatable bonds is 4. The fraction of sp³-hybridized carbons (Fsp3) is 0.500. The Kier molecular flexibility index (Phi) is 4.17. The number of β-amino-alcohol motifs (C(OH)–C–C–N with tert-alkyl or cyclic N) is 1. The van der Waals surface area contributed by atoms with Gasteiger partial charge in [-0.1, -0.05) is 6.07 Å². The first kappa shape index (κ1) is 16.1. The van der Waals surface area contributed by atoms with Crippen LogP contribution >= 0.6 is 0 Å². The number of hydrogen-bond donors (Lipinski definition) is 2. The number of aliphatic hydroxyl groups is 1. The zero-order valence-electron chi connectivity index (χ0n) is 14.1. The van der Waals surface area contributed by atoms with Crippen molar-refractivity contribution in [1.82, 2.24) is 20.3 Å². The first-order valence-electron chi connectivity index (χ1n) is 8.75. The van der Waals surface area contributed by atoms with Crippen LogP contribution in [0.1, 0.15) is 36.1 Å². The lowest BCUT2D eigenvalue weighted by Gasteiger charge is -2.37. The van der Waals surface area contributed by atoms with Crippen molar-refractivity contribution in [1.29, 1.82) is 0 Å². The summed E-state index contributed by atoms with van der Waals surface area (Å²) in [5.74, 6) is 0.611. The third-order valence-electron chi connectivity index (χ3n) is 5.15. The number of likely N-dealkylation sites (tertiary alicyclic amines) is 1. The van der Waals surface area contributed by atoms with Gasteiger partial charge in [0.1, 0.15) is 17.0 Å². The van der Waals surface area contributed by atoms with Gasteiger partial charge in [0, 0.05) is 6.54 Å². The highest BCUT2D eigenvalue weighted by Crippen LogP contribution is 2.30. The highest BCUT2D eigenvalue weighted by molar-refractivity contribution is 5.78. The molecule has 0 saturated carbocycles. The minimum atomic E-state index is -1.14. The quantitative estimate of drug-likeness (QED) is 0.871. The topological polar surface area (TPSA) is 91.3 Å². The van der Waals surface area contributed by atoms with Crippen LogP contribution in [0, 0.1) is 0 Å². The third kappa shape index (κ3) is 3.24. The molecule has 0 radical (unpaired) electrons. The van der Waals surface area contributed by atoms with Crippen LogP contribution in [0.3, 0.4) is 0 Å². The van der Waals surface area contributed by atoms with Gasteiger partial charge >= 0.3 is 0 Å². The van der Waals surface area contributed by atoms with Crippen LogP contribution in [-0.4, -0.2) is 51.0 Å². The van der Waals surface area contributed by atoms with Crippen LogP contribution in [0.2, 0.25) is 0 Å². The zero-order valence-corrected chi connectivity index (χ0v) is 14.1. The van der Waals surface area contributed by atoms with Crippen LogP contribution in [0.15, 0.2) is 24.4 Å². The van der Waals surface area contributed by atoms with Crippen molar-refractivity contribution >= 4 is 5.91 Å². The lowest BCUT2D eigenvalue weighted by Crippen LogP contribution is -2.50. The van der Waals surface area contributed by atoms with E-state index >= 15 is 0 Å². The van der Waals surface area contributed by atoms with Crippen molar-refractivity contribution in [3.05, 3.63) is 41.2 Å². The number of fused-ring (bicyclic) bond motifs is 1. The van der Waals surface area contributed by atoms with Gasteiger partial charge in [-0.25, -0.2) is 0 Å². The number of carbonyl (C=O) groups is 1. The molecule has 2 aromatic rings. The van der Waals surface area contributed by atoms with Crippen LogP contribution in [0.4, 0.5) is 0 Å². The van der Waals surface area contributed by atoms with Crippen LogP contribution in [-0.2, 0) is 23.2 Å². The summed E-state index contributed by atoms with van der Waals surface area (Å²) in [6, 6.07) is 6.06. The molecular formula is C18H22N4O3. The largest absolute Gasteiger partial charge is 0.484 e. The second-order valence-electron chi connectivity index (χ2n) is 6.88. The summed E-state index contributed by atoms with van der Waals surface area (Å²) in [4.78, 5) is 14.2. The van der Waals surface area contributed by atoms with Crippen molar-refractivity contribution in [3.63, 3.8) is 0 Å². The Morgan fingerprint density at radius 1 is 1.32 bits per heavy atom. The second kappa shape index (κ2) is 6.48. The van der Waals surface area contributed by atoms with Crippen molar-refractivity contribution in [2.24, 2.45) is 0 Å². The maximum atomic E-state index is 12.5. The summed E-state index contributed by atoms with van der Waals surface area (Å²) in [6.07, 6.45) is 6.18. The second-order valence-corrected chi connectivity index (χ2v) is 6.88. The van der Waals surface area contributed by atoms with E-state index in [9.17, 15) is 9.90 Å². The van der Waals surface area contributed by atoms with E-state index in [1.807, 2.05) is 12.1 Å². The summed E-state index contributed by atoms with van der Waals surface area (Å²) < 4.78 is 5.70. The number of hydrogen-bond acceptors (Lipinski definition) is 5. The summed E-state index contributed by atoms with van der Waals surface area (Å²) in [7, 11) is 0. The van der Waals surface area contributed by atoms with E-state index in [2.05, 4.69) is 21.5 Å². The molecule has 1 aromatic carbocycles. The summed E-state index contributed by atoms with van der Waals surface area (Å²) in [5.41, 5.74) is 2.04. The van der Waals surface area contributed by atoms with Crippen molar-refractivity contribution in [2.75, 3.05) is 19.7 Å². The van der Waals surface area contributed by atoms with Gasteiger partial charge < -0.3 is 14.7 Å². The third-order valence-corrected chi connectivity index (χ3v) is 5.15. The number of amides is 1. The average molecular weight is 342 g/mol. The molecule has 1 atom stereocenters. The number of aryl methyl sites for hydroxylation is 2. The van der Waals surface area contributed by atoms with Crippen molar-refractivity contribution in [2.45, 2.75) is 37.7 Å². The predicted octanol–water partition coefficient (Wildman–Crippen LogP) is 1.18. The van der Waals surface area contributed by atoms with E-state index in [1.54, 1.807) is 4.90 Å². The van der Waals surface area contributed by atoms with E-state index in [4.69, 9.17) is 4.74 Å². The fourth-order valence-corrected chi connectivity index (χ4v) is 3.76. The van der Waals surface area contributed by atoms with Gasteiger partial charge in [0.2, 0.25) is 0 Å². The van der Waals surface area contributed by atoms with Gasteiger partial charge in [-0.2, -0.15) is 15.4 Å². The first-order valence-corrected chi connectivity index (χ1v) is 8.75. The summed E-state index contributed by atoms with van der Waals surface area (Å²) >= 11 is 0. The molecule has 2 heterocycles. The molecule has 2 aliphatic rings.